The summed E-state index contributed by atoms with van der Waals surface area (Å²) in [6.07, 6.45) is -1.21. The molecule has 0 aromatic rings. The number of nitrogens with zero attached hydrogens (tertiary/aromatic N) is 3. The van der Waals surface area contributed by atoms with Gasteiger partial charge in [-0.15, -0.1) is 0 Å². The maximum atomic E-state index is 10.3. The van der Waals surface area contributed by atoms with Crippen LogP contribution in [-0.2, 0) is 19.2 Å². The molecule has 13 heteroatoms. The Balaban J connectivity index is 0. The Morgan fingerprint density at radius 3 is 1.42 bits per heavy atom. The van der Waals surface area contributed by atoms with E-state index in [2.05, 4.69) is 65.7 Å². The molecule has 226 valence electrons. The van der Waals surface area contributed by atoms with Crippen LogP contribution in [0.15, 0.2) is 0 Å². The van der Waals surface area contributed by atoms with Crippen LogP contribution < -0.4 is 0 Å². The summed E-state index contributed by atoms with van der Waals surface area (Å²) < 4.78 is 0. The number of hydrogen-bond donors (Lipinski definition) is 6. The van der Waals surface area contributed by atoms with Crippen LogP contribution in [0.5, 0.6) is 0 Å². The van der Waals surface area contributed by atoms with E-state index >= 15 is 0 Å². The van der Waals surface area contributed by atoms with E-state index in [0.717, 1.165) is 13.1 Å². The predicted molar refractivity (Wildman–Crippen MR) is 142 cm³/mol. The second kappa shape index (κ2) is 15.7. The fourth-order valence-electron chi connectivity index (χ4n) is 3.90. The molecule has 1 rings (SSSR count). The summed E-state index contributed by atoms with van der Waals surface area (Å²) >= 11 is 0. The maximum Gasteiger partial charge on any atom is 0.336 e. The third-order valence-corrected chi connectivity index (χ3v) is 5.40. The smallest absolute Gasteiger partial charge is 0.336 e. The Kier molecular flexibility index (Phi) is 15.8. The molecule has 0 unspecified atom stereocenters. The lowest BCUT2D eigenvalue weighted by molar-refractivity contribution is -0.306. The van der Waals surface area contributed by atoms with E-state index in [1.54, 1.807) is 13.8 Å². The number of aliphatic hydroxyl groups is 3. The average Bonchev–Trinajstić information content (AvgIpc) is 2.62. The second-order valence-electron chi connectivity index (χ2n) is 12.2. The summed E-state index contributed by atoms with van der Waals surface area (Å²) in [5, 5.41) is 55.4. The Morgan fingerprint density at radius 2 is 1.18 bits per heavy atom. The van der Waals surface area contributed by atoms with Crippen LogP contribution in [0.4, 0.5) is 0 Å². The molecule has 0 bridgehead atoms. The molecular formula is C25H51N3O10. The van der Waals surface area contributed by atoms with Gasteiger partial charge in [0.2, 0.25) is 0 Å². The zero-order chi connectivity index (χ0) is 30.7. The third-order valence-electron chi connectivity index (χ3n) is 5.40. The van der Waals surface area contributed by atoms with Crippen molar-refractivity contribution in [3.8, 4) is 0 Å². The van der Waals surface area contributed by atoms with Gasteiger partial charge in [-0.2, -0.15) is 5.06 Å². The zero-order valence-electron chi connectivity index (χ0n) is 24.7. The minimum atomic E-state index is -2.74. The average molecular weight is 554 g/mol. The molecule has 0 atom stereocenters. The molecule has 0 aromatic carbocycles. The van der Waals surface area contributed by atoms with E-state index in [9.17, 15) is 24.6 Å². The van der Waals surface area contributed by atoms with Crippen LogP contribution >= 0.6 is 0 Å². The van der Waals surface area contributed by atoms with Gasteiger partial charge in [0.15, 0.2) is 5.60 Å². The van der Waals surface area contributed by atoms with E-state index in [4.69, 9.17) is 25.3 Å². The highest BCUT2D eigenvalue weighted by atomic mass is 16.7. The molecule has 0 saturated carbocycles. The van der Waals surface area contributed by atoms with Crippen LogP contribution in [0.3, 0.4) is 0 Å². The van der Waals surface area contributed by atoms with E-state index in [1.807, 2.05) is 5.06 Å². The quantitative estimate of drug-likeness (QED) is 0.208. The summed E-state index contributed by atoms with van der Waals surface area (Å²) in [7, 11) is 8.35. The van der Waals surface area contributed by atoms with Gasteiger partial charge in [0.05, 0.1) is 31.2 Å². The summed E-state index contributed by atoms with van der Waals surface area (Å²) in [6.45, 7) is 14.2. The van der Waals surface area contributed by atoms with Gasteiger partial charge in [0.1, 0.15) is 0 Å². The molecule has 1 fully saturated rings. The number of aliphatic carboxylic acids is 3. The van der Waals surface area contributed by atoms with Crippen molar-refractivity contribution < 1.29 is 49.9 Å². The summed E-state index contributed by atoms with van der Waals surface area (Å²) in [5.41, 5.74) is -4.04. The zero-order valence-corrected chi connectivity index (χ0v) is 24.7. The number of piperidine rings is 1. The minimum Gasteiger partial charge on any atom is -0.481 e. The molecular weight excluding hydrogens is 502 g/mol. The van der Waals surface area contributed by atoms with Crippen LogP contribution in [0.25, 0.3) is 0 Å². The van der Waals surface area contributed by atoms with Crippen molar-refractivity contribution in [3.63, 3.8) is 0 Å². The molecule has 6 N–H and O–H groups in total. The first-order chi connectivity index (χ1) is 16.8. The first-order valence-electron chi connectivity index (χ1n) is 12.4. The molecule has 1 saturated heterocycles. The molecule has 0 amide bonds. The number of carbonyl (C=O) groups is 3. The molecule has 0 aliphatic carbocycles. The van der Waals surface area contributed by atoms with Crippen molar-refractivity contribution >= 4 is 17.9 Å². The number of hydroxylamine groups is 2. The first kappa shape index (κ1) is 38.3. The second-order valence-corrected chi connectivity index (χ2v) is 12.2. The highest BCUT2D eigenvalue weighted by molar-refractivity contribution is 5.88. The van der Waals surface area contributed by atoms with Crippen molar-refractivity contribution in [2.75, 3.05) is 47.9 Å². The van der Waals surface area contributed by atoms with Gasteiger partial charge < -0.3 is 40.4 Å². The Bertz CT molecular complexity index is 706. The summed E-state index contributed by atoms with van der Waals surface area (Å²) in [6, 6.07) is 0. The fourth-order valence-corrected chi connectivity index (χ4v) is 3.90. The predicted octanol–water partition coefficient (Wildman–Crippen LogP) is 0.564. The molecule has 0 aromatic heterocycles. The molecule has 1 heterocycles. The molecule has 0 spiro atoms. The molecule has 1 aliphatic rings. The van der Waals surface area contributed by atoms with Crippen molar-refractivity contribution in [2.45, 2.75) is 95.6 Å². The van der Waals surface area contributed by atoms with E-state index in [1.165, 1.54) is 0 Å². The van der Waals surface area contributed by atoms with Gasteiger partial charge in [-0.05, 0) is 82.6 Å². The van der Waals surface area contributed by atoms with Crippen LogP contribution in [0, 0.1) is 0 Å². The Hall–Kier alpha value is -1.87. The monoisotopic (exact) mass is 553 g/mol. The number of rotatable bonds is 11. The SMILES string of the molecule is CC(C)(O)CON1C(C)(C)CC(O)CC1(C)C.CN(C)CCN(C)C.O=C(O)CC(O)(CC(=O)O)C(=O)O. The number of carboxylic acid groups (broad SMARTS) is 3. The highest BCUT2D eigenvalue weighted by Crippen LogP contribution is 2.38. The lowest BCUT2D eigenvalue weighted by Crippen LogP contribution is -2.62. The van der Waals surface area contributed by atoms with Crippen molar-refractivity contribution in [2.24, 2.45) is 0 Å². The summed E-state index contributed by atoms with van der Waals surface area (Å²) in [5.74, 6) is -5.02. The van der Waals surface area contributed by atoms with Crippen molar-refractivity contribution in [1.29, 1.82) is 0 Å². The normalized spacial score (nSPS) is 17.8. The van der Waals surface area contributed by atoms with Crippen molar-refractivity contribution in [1.82, 2.24) is 14.9 Å². The van der Waals surface area contributed by atoms with Crippen molar-refractivity contribution in [3.05, 3.63) is 0 Å². The van der Waals surface area contributed by atoms with E-state index in [-0.39, 0.29) is 23.8 Å². The van der Waals surface area contributed by atoms with Gasteiger partial charge >= 0.3 is 17.9 Å². The van der Waals surface area contributed by atoms with Gasteiger partial charge in [-0.25, -0.2) is 4.79 Å². The number of carboxylic acids is 3. The first-order valence-corrected chi connectivity index (χ1v) is 12.4. The summed E-state index contributed by atoms with van der Waals surface area (Å²) in [4.78, 5) is 40.6. The fraction of sp³-hybridized carbons (Fsp3) is 0.880. The Labute approximate surface area is 226 Å². The van der Waals surface area contributed by atoms with E-state index in [0.29, 0.717) is 12.8 Å². The molecule has 1 aliphatic heterocycles. The molecule has 13 nitrogen and oxygen atoms in total. The van der Waals surface area contributed by atoms with E-state index < -0.39 is 42.0 Å². The number of likely N-dealkylation sites (N-methyl/N-ethyl adjacent to an activating group) is 2. The lowest BCUT2D eigenvalue weighted by Gasteiger charge is -2.53. The molecule has 38 heavy (non-hydrogen) atoms. The van der Waals surface area contributed by atoms with Gasteiger partial charge in [-0.3, -0.25) is 14.4 Å². The van der Waals surface area contributed by atoms with Gasteiger partial charge in [0.25, 0.3) is 0 Å². The highest BCUT2D eigenvalue weighted by Gasteiger charge is 2.46. The number of aliphatic hydroxyl groups excluding tert-OH is 1. The van der Waals surface area contributed by atoms with Crippen LogP contribution in [-0.4, -0.2) is 140 Å². The van der Waals surface area contributed by atoms with Gasteiger partial charge in [0, 0.05) is 24.2 Å². The largest absolute Gasteiger partial charge is 0.481 e. The standard InChI is InChI=1S/C13H27NO3.C6H16N2.C6H8O7/c1-11(2)7-10(15)8-12(3,4)14(11)17-9-13(5,6)16;1-7(2)5-6-8(3)4;7-3(8)1-6(13,5(11)12)2-4(9)10/h10,15-16H,7-9H2,1-6H3;5-6H2,1-4H3;13H,1-2H2,(H,7,8)(H,9,10)(H,11,12). The topological polar surface area (TPSA) is 192 Å². The third kappa shape index (κ3) is 16.9. The lowest BCUT2D eigenvalue weighted by atomic mass is 9.80. The number of hydrogen-bond acceptors (Lipinski definition) is 10. The van der Waals surface area contributed by atoms with Crippen LogP contribution in [0.2, 0.25) is 0 Å². The van der Waals surface area contributed by atoms with Crippen LogP contribution in [0.1, 0.15) is 67.2 Å². The Morgan fingerprint density at radius 1 is 0.842 bits per heavy atom. The van der Waals surface area contributed by atoms with Gasteiger partial charge in [-0.1, -0.05) is 0 Å². The molecule has 0 radical (unpaired) electrons. The minimum absolute atomic E-state index is 0.230. The maximum absolute atomic E-state index is 10.3.